The Kier molecular flexibility index (Phi) is 3.03. The predicted molar refractivity (Wildman–Crippen MR) is 64.9 cm³/mol. The maximum atomic E-state index is 6.48. The minimum absolute atomic E-state index is 0.462. The molecule has 1 heterocycles. The molecule has 0 saturated heterocycles. The van der Waals surface area contributed by atoms with Gasteiger partial charge in [-0.2, -0.15) is 0 Å². The van der Waals surface area contributed by atoms with E-state index in [1.165, 1.54) is 0 Å². The summed E-state index contributed by atoms with van der Waals surface area (Å²) in [7, 11) is 0. The van der Waals surface area contributed by atoms with Gasteiger partial charge in [0.25, 0.3) is 0 Å². The maximum absolute atomic E-state index is 6.48. The highest BCUT2D eigenvalue weighted by Crippen LogP contribution is 2.32. The Labute approximate surface area is 99.4 Å². The molecule has 15 heavy (non-hydrogen) atoms. The van der Waals surface area contributed by atoms with Gasteiger partial charge in [0.05, 0.1) is 0 Å². The monoisotopic (exact) mass is 239 g/mol. The maximum Gasteiger partial charge on any atom is 0.157 e. The molecule has 3 heteroatoms. The van der Waals surface area contributed by atoms with Crippen molar-refractivity contribution in [1.82, 2.24) is 5.32 Å². The second kappa shape index (κ2) is 4.30. The highest BCUT2D eigenvalue weighted by molar-refractivity contribution is 6.25. The number of benzene rings is 1. The lowest BCUT2D eigenvalue weighted by molar-refractivity contribution is 0.661. The van der Waals surface area contributed by atoms with E-state index < -0.39 is 5.00 Å². The zero-order chi connectivity index (χ0) is 10.7. The first-order chi connectivity index (χ1) is 7.26. The van der Waals surface area contributed by atoms with Gasteiger partial charge in [-0.15, -0.1) is 11.6 Å². The van der Waals surface area contributed by atoms with Crippen LogP contribution >= 0.6 is 23.2 Å². The van der Waals surface area contributed by atoms with E-state index in [1.807, 2.05) is 48.7 Å². The summed E-state index contributed by atoms with van der Waals surface area (Å²) in [6, 6.07) is 7.90. The van der Waals surface area contributed by atoms with Gasteiger partial charge in [0.15, 0.2) is 5.00 Å². The van der Waals surface area contributed by atoms with Gasteiger partial charge < -0.3 is 5.32 Å². The molecule has 0 amide bonds. The lowest BCUT2D eigenvalue weighted by atomic mass is 9.99. The molecule has 1 unspecified atom stereocenters. The molecule has 0 fully saturated rings. The van der Waals surface area contributed by atoms with Crippen LogP contribution in [0.5, 0.6) is 0 Å². The molecule has 78 valence electrons. The summed E-state index contributed by atoms with van der Waals surface area (Å²) in [4.78, 5) is -0.666. The number of halogens is 2. The summed E-state index contributed by atoms with van der Waals surface area (Å²) >= 11 is 12.4. The van der Waals surface area contributed by atoms with Crippen molar-refractivity contribution >= 4 is 23.2 Å². The van der Waals surface area contributed by atoms with Crippen LogP contribution in [0.15, 0.2) is 48.7 Å². The van der Waals surface area contributed by atoms with E-state index in [4.69, 9.17) is 23.2 Å². The van der Waals surface area contributed by atoms with Crippen LogP contribution in [0.3, 0.4) is 0 Å². The average Bonchev–Trinajstić information content (AvgIpc) is 2.30. The van der Waals surface area contributed by atoms with Gasteiger partial charge in [-0.25, -0.2) is 0 Å². The van der Waals surface area contributed by atoms with E-state index in [0.717, 1.165) is 11.1 Å². The minimum atomic E-state index is -0.666. The smallest absolute Gasteiger partial charge is 0.157 e. The van der Waals surface area contributed by atoms with Gasteiger partial charge in [-0.05, 0) is 23.9 Å². The lowest BCUT2D eigenvalue weighted by Crippen LogP contribution is -2.33. The van der Waals surface area contributed by atoms with Crippen LogP contribution in [0.1, 0.15) is 11.1 Å². The molecule has 0 aromatic heterocycles. The van der Waals surface area contributed by atoms with Crippen molar-refractivity contribution in [2.24, 2.45) is 0 Å². The second-order valence-corrected chi connectivity index (χ2v) is 4.23. The van der Waals surface area contributed by atoms with Gasteiger partial charge in [0.2, 0.25) is 0 Å². The van der Waals surface area contributed by atoms with Gasteiger partial charge in [-0.1, -0.05) is 41.9 Å². The predicted octanol–water partition coefficient (Wildman–Crippen LogP) is 3.49. The quantitative estimate of drug-likeness (QED) is 0.616. The molecule has 2 rings (SSSR count). The average molecular weight is 240 g/mol. The van der Waals surface area contributed by atoms with Gasteiger partial charge in [0.1, 0.15) is 0 Å². The number of rotatable bonds is 2. The largest absolute Gasteiger partial charge is 0.366 e. The first-order valence-electron chi connectivity index (χ1n) is 4.71. The Morgan fingerprint density at radius 3 is 2.67 bits per heavy atom. The summed E-state index contributed by atoms with van der Waals surface area (Å²) < 4.78 is 0. The molecular formula is C12H11Cl2N. The molecule has 1 aliphatic heterocycles. The third-order valence-corrected chi connectivity index (χ3v) is 3.11. The first kappa shape index (κ1) is 10.6. The van der Waals surface area contributed by atoms with E-state index in [2.05, 4.69) is 5.32 Å². The minimum Gasteiger partial charge on any atom is -0.366 e. The molecule has 0 saturated carbocycles. The van der Waals surface area contributed by atoms with Crippen LogP contribution in [0.25, 0.3) is 0 Å². The van der Waals surface area contributed by atoms with Gasteiger partial charge in [0, 0.05) is 11.4 Å². The number of nitrogens with one attached hydrogen (secondary N) is 1. The standard InChI is InChI=1S/C12H11Cl2N/c13-9-10-5-1-2-6-11(10)12(14)7-3-4-8-15-12/h1-8,15H,9H2. The van der Waals surface area contributed by atoms with E-state index in [-0.39, 0.29) is 0 Å². The summed E-state index contributed by atoms with van der Waals surface area (Å²) in [6.45, 7) is 0. The van der Waals surface area contributed by atoms with Crippen molar-refractivity contribution in [3.63, 3.8) is 0 Å². The molecule has 0 bridgehead atoms. The molecule has 1 aromatic rings. The Bertz CT molecular complexity index is 412. The van der Waals surface area contributed by atoms with Crippen LogP contribution in [0.4, 0.5) is 0 Å². The molecule has 1 N–H and O–H groups in total. The zero-order valence-electron chi connectivity index (χ0n) is 8.08. The fraction of sp³-hybridized carbons (Fsp3) is 0.167. The fourth-order valence-corrected chi connectivity index (χ4v) is 2.17. The highest BCUT2D eigenvalue weighted by atomic mass is 35.5. The van der Waals surface area contributed by atoms with Gasteiger partial charge in [-0.3, -0.25) is 0 Å². The van der Waals surface area contributed by atoms with Crippen molar-refractivity contribution in [2.75, 3.05) is 0 Å². The summed E-state index contributed by atoms with van der Waals surface area (Å²) in [5.41, 5.74) is 2.05. The molecule has 0 radical (unpaired) electrons. The van der Waals surface area contributed by atoms with E-state index in [0.29, 0.717) is 5.88 Å². The molecule has 1 aromatic carbocycles. The van der Waals surface area contributed by atoms with E-state index >= 15 is 0 Å². The molecule has 1 atom stereocenters. The molecule has 1 aliphatic rings. The zero-order valence-corrected chi connectivity index (χ0v) is 9.59. The summed E-state index contributed by atoms with van der Waals surface area (Å²) in [5, 5.41) is 3.13. The normalized spacial score (nSPS) is 23.9. The van der Waals surface area contributed by atoms with Crippen LogP contribution < -0.4 is 5.32 Å². The number of alkyl halides is 2. The Morgan fingerprint density at radius 1 is 1.20 bits per heavy atom. The lowest BCUT2D eigenvalue weighted by Gasteiger charge is -2.28. The highest BCUT2D eigenvalue weighted by Gasteiger charge is 2.27. The van der Waals surface area contributed by atoms with Crippen molar-refractivity contribution in [2.45, 2.75) is 10.9 Å². The third-order valence-electron chi connectivity index (χ3n) is 2.38. The van der Waals surface area contributed by atoms with Crippen LogP contribution in [0, 0.1) is 0 Å². The van der Waals surface area contributed by atoms with Crippen LogP contribution in [0.2, 0.25) is 0 Å². The Balaban J connectivity index is 2.44. The molecule has 0 aliphatic carbocycles. The van der Waals surface area contributed by atoms with Gasteiger partial charge >= 0.3 is 0 Å². The van der Waals surface area contributed by atoms with Crippen molar-refractivity contribution < 1.29 is 0 Å². The molecular weight excluding hydrogens is 229 g/mol. The number of dihydropyridines is 1. The summed E-state index contributed by atoms with van der Waals surface area (Å²) in [6.07, 6.45) is 7.58. The van der Waals surface area contributed by atoms with E-state index in [1.54, 1.807) is 0 Å². The van der Waals surface area contributed by atoms with Crippen LogP contribution in [-0.2, 0) is 10.9 Å². The number of hydrogen-bond acceptors (Lipinski definition) is 1. The van der Waals surface area contributed by atoms with E-state index in [9.17, 15) is 0 Å². The fourth-order valence-electron chi connectivity index (χ4n) is 1.62. The SMILES string of the molecule is ClCc1ccccc1C1(Cl)C=CC=CN1. The van der Waals surface area contributed by atoms with Crippen molar-refractivity contribution in [3.8, 4) is 0 Å². The Hall–Kier alpha value is -0.920. The molecule has 1 nitrogen and oxygen atoms in total. The molecule has 0 spiro atoms. The third kappa shape index (κ3) is 2.04. The Morgan fingerprint density at radius 2 is 2.00 bits per heavy atom. The topological polar surface area (TPSA) is 12.0 Å². The second-order valence-electron chi connectivity index (χ2n) is 3.37. The van der Waals surface area contributed by atoms with Crippen molar-refractivity contribution in [1.29, 1.82) is 0 Å². The van der Waals surface area contributed by atoms with Crippen LogP contribution in [-0.4, -0.2) is 0 Å². The summed E-state index contributed by atoms with van der Waals surface area (Å²) in [5.74, 6) is 0.462. The first-order valence-corrected chi connectivity index (χ1v) is 5.63. The number of hydrogen-bond donors (Lipinski definition) is 1. The number of allylic oxidation sites excluding steroid dienone is 2. The van der Waals surface area contributed by atoms with Crippen molar-refractivity contribution in [3.05, 3.63) is 59.8 Å².